The van der Waals surface area contributed by atoms with Gasteiger partial charge in [0, 0.05) is 26.3 Å². The summed E-state index contributed by atoms with van der Waals surface area (Å²) in [4.78, 5) is 20.2. The van der Waals surface area contributed by atoms with E-state index in [-0.39, 0.29) is 18.3 Å². The van der Waals surface area contributed by atoms with Gasteiger partial charge in [-0.1, -0.05) is 103 Å². The third kappa shape index (κ3) is 4.80. The highest BCUT2D eigenvalue weighted by Crippen LogP contribution is 2.41. The maximum atomic E-state index is 12.4. The number of benzene rings is 3. The number of piperazine rings is 1. The summed E-state index contributed by atoms with van der Waals surface area (Å²) in [7, 11) is 1.79. The minimum Gasteiger partial charge on any atom is -0.367 e. The molecule has 2 heterocycles. The molecule has 3 aromatic carbocycles. The quantitative estimate of drug-likeness (QED) is 0.161. The molecular weight excluding hydrogens is 482 g/mol. The average molecular weight is 510 g/mol. The minimum atomic E-state index is -0.790. The first-order valence-electron chi connectivity index (χ1n) is 12.2. The van der Waals surface area contributed by atoms with E-state index >= 15 is 0 Å². The van der Waals surface area contributed by atoms with Gasteiger partial charge in [-0.3, -0.25) is 10.2 Å². The van der Waals surface area contributed by atoms with E-state index in [1.807, 2.05) is 54.6 Å². The Bertz CT molecular complexity index is 1300. The lowest BCUT2D eigenvalue weighted by Gasteiger charge is -2.39. The molecule has 186 valence electrons. The highest BCUT2D eigenvalue weighted by atomic mass is 35.5. The molecular formula is C30H28ClN5O. The molecule has 1 aromatic heterocycles. The van der Waals surface area contributed by atoms with Crippen molar-refractivity contribution in [3.05, 3.63) is 131 Å². The zero-order valence-corrected chi connectivity index (χ0v) is 21.3. The number of carbonyl (C=O) groups excluding carboxylic acids is 1. The monoisotopic (exact) mass is 509 g/mol. The molecule has 37 heavy (non-hydrogen) atoms. The van der Waals surface area contributed by atoms with Crippen molar-refractivity contribution in [1.29, 1.82) is 5.41 Å². The van der Waals surface area contributed by atoms with Gasteiger partial charge < -0.3 is 15.1 Å². The molecule has 0 radical (unpaired) electrons. The molecule has 2 N–H and O–H groups in total. The number of carbonyl (C=O) groups is 1. The Morgan fingerprint density at radius 2 is 1.41 bits per heavy atom. The predicted octanol–water partition coefficient (Wildman–Crippen LogP) is 5.24. The normalized spacial score (nSPS) is 13.9. The molecule has 1 saturated heterocycles. The largest absolute Gasteiger partial charge is 0.367 e. The van der Waals surface area contributed by atoms with Gasteiger partial charge in [-0.05, 0) is 22.8 Å². The van der Waals surface area contributed by atoms with Crippen molar-refractivity contribution in [1.82, 2.24) is 14.8 Å². The summed E-state index contributed by atoms with van der Waals surface area (Å²) in [5.41, 5.74) is 3.55. The van der Waals surface area contributed by atoms with Gasteiger partial charge in [-0.15, -0.1) is 0 Å². The van der Waals surface area contributed by atoms with E-state index in [1.165, 1.54) is 0 Å². The van der Waals surface area contributed by atoms with Crippen LogP contribution in [0.1, 0.15) is 22.3 Å². The number of amidine groups is 1. The van der Waals surface area contributed by atoms with Crippen molar-refractivity contribution >= 4 is 29.0 Å². The summed E-state index contributed by atoms with van der Waals surface area (Å²) >= 11 is 6.42. The number of anilines is 1. The average Bonchev–Trinajstić information content (AvgIpc) is 2.94. The van der Waals surface area contributed by atoms with Crippen LogP contribution in [-0.4, -0.2) is 53.2 Å². The summed E-state index contributed by atoms with van der Waals surface area (Å²) in [5, 5.41) is 13.2. The Hall–Kier alpha value is -4.16. The van der Waals surface area contributed by atoms with E-state index in [9.17, 15) is 4.79 Å². The zero-order valence-electron chi connectivity index (χ0n) is 20.6. The Balaban J connectivity index is 1.68. The van der Waals surface area contributed by atoms with Crippen molar-refractivity contribution in [2.75, 3.05) is 32.0 Å². The molecule has 0 atom stereocenters. The lowest BCUT2D eigenvalue weighted by Crippen LogP contribution is -2.50. The molecule has 0 unspecified atom stereocenters. The second-order valence-electron chi connectivity index (χ2n) is 9.11. The van der Waals surface area contributed by atoms with Gasteiger partial charge in [-0.25, -0.2) is 4.98 Å². The molecule has 0 bridgehead atoms. The maximum absolute atomic E-state index is 12.4. The molecule has 7 heteroatoms. The Morgan fingerprint density at radius 1 is 0.892 bits per heavy atom. The summed E-state index contributed by atoms with van der Waals surface area (Å²) in [5.74, 6) is 0.218. The number of hydrogen-bond donors (Lipinski definition) is 2. The maximum Gasteiger partial charge on any atom is 0.241 e. The second-order valence-corrected chi connectivity index (χ2v) is 9.50. The first-order chi connectivity index (χ1) is 18.0. The fourth-order valence-corrected chi connectivity index (χ4v) is 4.98. The van der Waals surface area contributed by atoms with Gasteiger partial charge >= 0.3 is 0 Å². The summed E-state index contributed by atoms with van der Waals surface area (Å²) < 4.78 is 0. The molecule has 6 nitrogen and oxygen atoms in total. The molecule has 1 fully saturated rings. The van der Waals surface area contributed by atoms with Crippen molar-refractivity contribution in [2.45, 2.75) is 5.54 Å². The number of rotatable bonds is 6. The van der Waals surface area contributed by atoms with Crippen LogP contribution in [0.5, 0.6) is 0 Å². The molecule has 1 aliphatic rings. The fourth-order valence-electron chi connectivity index (χ4n) is 4.82. The fraction of sp³-hybridized carbons (Fsp3) is 0.167. The van der Waals surface area contributed by atoms with Gasteiger partial charge in [0.2, 0.25) is 5.91 Å². The highest BCUT2D eigenvalue weighted by molar-refractivity contribution is 6.29. The van der Waals surface area contributed by atoms with Crippen LogP contribution in [0.3, 0.4) is 0 Å². The van der Waals surface area contributed by atoms with Crippen LogP contribution in [0, 0.1) is 5.41 Å². The number of amides is 1. The van der Waals surface area contributed by atoms with E-state index in [0.29, 0.717) is 29.5 Å². The van der Waals surface area contributed by atoms with Crippen LogP contribution in [0.4, 0.5) is 5.69 Å². The Kier molecular flexibility index (Phi) is 6.93. The van der Waals surface area contributed by atoms with Crippen molar-refractivity contribution < 1.29 is 4.79 Å². The zero-order chi connectivity index (χ0) is 25.8. The summed E-state index contributed by atoms with van der Waals surface area (Å²) in [6.07, 6.45) is 1.61. The molecule has 5 rings (SSSR count). The standard InChI is InChI=1S/C30H28ClN5O/c1-35-17-18-36(21-28(35)37)29(32)25-20-33-27(31)19-26(25)34-30(22-11-5-2-6-12-22,23-13-7-3-8-14-23)24-15-9-4-10-16-24/h2-16,19-20,32H,17-18,21H2,1H3,(H,33,34). The molecule has 0 saturated carbocycles. The number of likely N-dealkylation sites (N-methyl/N-ethyl adjacent to an activating group) is 1. The highest BCUT2D eigenvalue weighted by Gasteiger charge is 2.37. The Labute approximate surface area is 222 Å². The van der Waals surface area contributed by atoms with Gasteiger partial charge in [0.15, 0.2) is 0 Å². The molecule has 4 aromatic rings. The number of halogens is 1. The van der Waals surface area contributed by atoms with E-state index in [1.54, 1.807) is 29.1 Å². The van der Waals surface area contributed by atoms with Gasteiger partial charge in [-0.2, -0.15) is 0 Å². The van der Waals surface area contributed by atoms with Crippen molar-refractivity contribution in [3.63, 3.8) is 0 Å². The van der Waals surface area contributed by atoms with Crippen LogP contribution < -0.4 is 5.32 Å². The smallest absolute Gasteiger partial charge is 0.241 e. The summed E-state index contributed by atoms with van der Waals surface area (Å²) in [6, 6.07) is 32.5. The van der Waals surface area contributed by atoms with E-state index in [2.05, 4.69) is 46.7 Å². The topological polar surface area (TPSA) is 72.3 Å². The lowest BCUT2D eigenvalue weighted by molar-refractivity contribution is -0.132. The number of pyridine rings is 1. The van der Waals surface area contributed by atoms with Crippen molar-refractivity contribution in [3.8, 4) is 0 Å². The number of hydrogen-bond acceptors (Lipinski definition) is 4. The third-order valence-corrected chi connectivity index (χ3v) is 7.05. The minimum absolute atomic E-state index is 0.0142. The van der Waals surface area contributed by atoms with Crippen molar-refractivity contribution in [2.24, 2.45) is 0 Å². The summed E-state index contributed by atoms with van der Waals surface area (Å²) in [6.45, 7) is 1.29. The number of nitrogens with one attached hydrogen (secondary N) is 2. The molecule has 0 spiro atoms. The first-order valence-corrected chi connectivity index (χ1v) is 12.5. The van der Waals surface area contributed by atoms with Gasteiger partial charge in [0.25, 0.3) is 0 Å². The number of aromatic nitrogens is 1. The number of nitrogens with zero attached hydrogens (tertiary/aromatic N) is 3. The van der Waals surface area contributed by atoms with E-state index < -0.39 is 5.54 Å². The second kappa shape index (κ2) is 10.4. The lowest BCUT2D eigenvalue weighted by atomic mass is 9.76. The first kappa shape index (κ1) is 24.5. The van der Waals surface area contributed by atoms with Crippen LogP contribution in [0.2, 0.25) is 5.15 Å². The SMILES string of the molecule is CN1CCN(C(=N)c2cnc(Cl)cc2NC(c2ccccc2)(c2ccccc2)c2ccccc2)CC1=O. The van der Waals surface area contributed by atoms with Gasteiger partial charge in [0.1, 0.15) is 16.5 Å². The molecule has 0 aliphatic carbocycles. The van der Waals surface area contributed by atoms with Crippen LogP contribution in [-0.2, 0) is 10.3 Å². The van der Waals surface area contributed by atoms with E-state index in [0.717, 1.165) is 16.7 Å². The molecule has 1 amide bonds. The van der Waals surface area contributed by atoms with Crippen LogP contribution in [0.25, 0.3) is 0 Å². The third-order valence-electron chi connectivity index (χ3n) is 6.84. The van der Waals surface area contributed by atoms with Crippen LogP contribution in [0.15, 0.2) is 103 Å². The molecule has 1 aliphatic heterocycles. The van der Waals surface area contributed by atoms with Crippen LogP contribution >= 0.6 is 11.6 Å². The predicted molar refractivity (Wildman–Crippen MR) is 148 cm³/mol. The van der Waals surface area contributed by atoms with Gasteiger partial charge in [0.05, 0.1) is 17.8 Å². The van der Waals surface area contributed by atoms with E-state index in [4.69, 9.17) is 17.0 Å². The Morgan fingerprint density at radius 3 is 1.89 bits per heavy atom.